The molecule has 0 aromatic heterocycles. The van der Waals surface area contributed by atoms with E-state index in [1.54, 1.807) is 0 Å². The molecule has 0 aliphatic carbocycles. The summed E-state index contributed by atoms with van der Waals surface area (Å²) in [6, 6.07) is 0. The number of carboxylic acids is 1. The Hall–Kier alpha value is -3.27. The molecular weight excluding hydrogens is 1070 g/mol. The van der Waals surface area contributed by atoms with Gasteiger partial charge in [0, 0.05) is 12.8 Å². The fourth-order valence-electron chi connectivity index (χ4n) is 10.7. The fourth-order valence-corrected chi connectivity index (χ4v) is 10.7. The van der Waals surface area contributed by atoms with Gasteiger partial charge in [-0.15, -0.1) is 0 Å². The van der Waals surface area contributed by atoms with Crippen LogP contribution in [-0.4, -0.2) is 87.4 Å². The summed E-state index contributed by atoms with van der Waals surface area (Å²) in [5.74, 6) is -1.99. The van der Waals surface area contributed by atoms with Gasteiger partial charge in [0.2, 0.25) is 0 Å². The highest BCUT2D eigenvalue weighted by molar-refractivity contribution is 5.71. The number of carbonyl (C=O) groups excluding carboxylic acids is 2. The second kappa shape index (κ2) is 67.7. The average molecular weight is 1210 g/mol. The van der Waals surface area contributed by atoms with Crippen molar-refractivity contribution in [1.29, 1.82) is 0 Å². The second-order valence-electron chi connectivity index (χ2n) is 25.9. The lowest BCUT2D eigenvalue weighted by Gasteiger charge is -2.25. The highest BCUT2D eigenvalue weighted by Gasteiger charge is 2.25. The molecule has 9 heteroatoms. The molecule has 0 aromatic rings. The first-order valence-corrected chi connectivity index (χ1v) is 36.6. The first kappa shape index (κ1) is 82.7. The van der Waals surface area contributed by atoms with Crippen molar-refractivity contribution in [2.45, 2.75) is 354 Å². The Morgan fingerprint density at radius 1 is 0.360 bits per heavy atom. The molecule has 0 bridgehead atoms. The molecule has 0 aromatic carbocycles. The third kappa shape index (κ3) is 68.2. The minimum atomic E-state index is -1.51. The van der Waals surface area contributed by atoms with E-state index in [9.17, 15) is 19.5 Å². The third-order valence-electron chi connectivity index (χ3n) is 16.2. The number of rotatable bonds is 68. The maximum atomic E-state index is 13.0. The maximum Gasteiger partial charge on any atom is 0.361 e. The van der Waals surface area contributed by atoms with Gasteiger partial charge in [0.25, 0.3) is 6.29 Å². The highest BCUT2D eigenvalue weighted by atomic mass is 16.7. The number of nitrogens with zero attached hydrogens (tertiary/aromatic N) is 1. The molecule has 0 aliphatic heterocycles. The van der Waals surface area contributed by atoms with Crippen LogP contribution >= 0.6 is 0 Å². The van der Waals surface area contributed by atoms with E-state index in [4.69, 9.17) is 18.9 Å². The summed E-state index contributed by atoms with van der Waals surface area (Å²) in [4.78, 5) is 37.7. The molecule has 2 atom stereocenters. The number of likely N-dealkylation sites (N-methyl/N-ethyl adjacent to an activating group) is 1. The lowest BCUT2D eigenvalue weighted by Crippen LogP contribution is -2.40. The summed E-state index contributed by atoms with van der Waals surface area (Å²) < 4.78 is 23.0. The van der Waals surface area contributed by atoms with Crippen LogP contribution in [0.2, 0.25) is 0 Å². The number of ether oxygens (including phenoxy) is 4. The van der Waals surface area contributed by atoms with E-state index in [1.165, 1.54) is 231 Å². The van der Waals surface area contributed by atoms with Gasteiger partial charge in [-0.2, -0.15) is 0 Å². The number of allylic oxidation sites excluding steroid dienone is 12. The van der Waals surface area contributed by atoms with Crippen molar-refractivity contribution in [3.05, 3.63) is 72.9 Å². The zero-order chi connectivity index (χ0) is 62.6. The van der Waals surface area contributed by atoms with Crippen LogP contribution in [0.25, 0.3) is 0 Å². The first-order valence-electron chi connectivity index (χ1n) is 36.6. The predicted octanol–water partition coefficient (Wildman–Crippen LogP) is 22.9. The Kier molecular flexibility index (Phi) is 65.1. The maximum absolute atomic E-state index is 13.0. The third-order valence-corrected chi connectivity index (χ3v) is 16.2. The monoisotopic (exact) mass is 1210 g/mol. The van der Waals surface area contributed by atoms with E-state index in [2.05, 4.69) is 86.8 Å². The minimum absolute atomic E-state index is 0.181. The molecule has 0 fully saturated rings. The summed E-state index contributed by atoms with van der Waals surface area (Å²) in [5.41, 5.74) is 0. The van der Waals surface area contributed by atoms with Gasteiger partial charge in [0.05, 0.1) is 34.4 Å². The van der Waals surface area contributed by atoms with Crippen molar-refractivity contribution >= 4 is 17.9 Å². The molecule has 0 spiro atoms. The molecule has 0 rings (SSSR count). The quantitative estimate of drug-likeness (QED) is 0.0211. The van der Waals surface area contributed by atoms with Gasteiger partial charge in [-0.1, -0.05) is 337 Å². The number of esters is 2. The van der Waals surface area contributed by atoms with Crippen molar-refractivity contribution in [3.8, 4) is 0 Å². The SMILES string of the molecule is CC/C=C\C/C=C\C/C=C\C/C=C\C/C=C\C/C=C\CCCCCCCCCCCCCCC(=O)OC(COC(=O)CCCCCCCCCCCCCCCCCCCCCCCCCCCCCCCC)COC(OCC[N+](C)(C)C)C(=O)O. The molecule has 0 saturated carbocycles. The van der Waals surface area contributed by atoms with E-state index in [0.29, 0.717) is 17.4 Å². The van der Waals surface area contributed by atoms with Crippen molar-refractivity contribution in [2.75, 3.05) is 47.5 Å². The van der Waals surface area contributed by atoms with Crippen LogP contribution in [0.15, 0.2) is 72.9 Å². The number of carbonyl (C=O) groups is 3. The lowest BCUT2D eigenvalue weighted by atomic mass is 10.0. The predicted molar refractivity (Wildman–Crippen MR) is 369 cm³/mol. The summed E-state index contributed by atoms with van der Waals surface area (Å²) in [6.07, 6.45) is 87.4. The first-order chi connectivity index (χ1) is 42.1. The van der Waals surface area contributed by atoms with Crippen LogP contribution in [0.3, 0.4) is 0 Å². The van der Waals surface area contributed by atoms with Crippen LogP contribution in [-0.2, 0) is 33.3 Å². The Bertz CT molecular complexity index is 1640. The van der Waals surface area contributed by atoms with Gasteiger partial charge in [-0.3, -0.25) is 9.59 Å². The zero-order valence-electron chi connectivity index (χ0n) is 57.2. The topological polar surface area (TPSA) is 108 Å². The number of quaternary nitrogens is 1. The van der Waals surface area contributed by atoms with Gasteiger partial charge in [-0.05, 0) is 64.2 Å². The van der Waals surface area contributed by atoms with Crippen molar-refractivity contribution < 1.29 is 42.9 Å². The molecule has 0 radical (unpaired) electrons. The Morgan fingerprint density at radius 2 is 0.663 bits per heavy atom. The molecule has 2 unspecified atom stereocenters. The molecule has 1 N–H and O–H groups in total. The number of hydrogen-bond donors (Lipinski definition) is 1. The summed E-state index contributed by atoms with van der Waals surface area (Å²) in [7, 11) is 5.99. The summed E-state index contributed by atoms with van der Waals surface area (Å²) in [6.45, 7) is 4.82. The highest BCUT2D eigenvalue weighted by Crippen LogP contribution is 2.19. The van der Waals surface area contributed by atoms with Crippen molar-refractivity contribution in [1.82, 2.24) is 0 Å². The van der Waals surface area contributed by atoms with Crippen LogP contribution in [0.4, 0.5) is 0 Å². The number of aliphatic carboxylic acids is 1. The van der Waals surface area contributed by atoms with Gasteiger partial charge < -0.3 is 28.5 Å². The van der Waals surface area contributed by atoms with Crippen LogP contribution < -0.4 is 0 Å². The smallest absolute Gasteiger partial charge is 0.361 e. The van der Waals surface area contributed by atoms with E-state index in [0.717, 1.165) is 83.5 Å². The van der Waals surface area contributed by atoms with Crippen LogP contribution in [0, 0.1) is 0 Å². The standard InChI is InChI=1S/C77H139NO8/c1-6-8-10-12-14-16-18-20-22-24-26-28-30-32-34-36-38-40-42-44-46-48-50-52-54-56-58-60-62-64-66-68-75(80)86-73(72-85-77(76(81)82)83-70-69-78(3,4)5)71-84-74(79)67-65-63-61-59-57-55-53-51-49-47-45-43-41-39-37-35-33-31-29-27-25-23-21-19-17-15-13-11-9-7-2/h8,10,14,16,20,22,26,28,32,34,38,40,73,77H,6-7,9,11-13,15,17-19,21,23-25,27,29-31,33,35-37,39,41-72H2,1-5H3/p+1/b10-8-,16-14-,22-20-,28-26-,34-32-,40-38-. The van der Waals surface area contributed by atoms with E-state index in [-0.39, 0.29) is 32.2 Å². The van der Waals surface area contributed by atoms with Crippen LogP contribution in [0.5, 0.6) is 0 Å². The zero-order valence-corrected chi connectivity index (χ0v) is 57.2. The van der Waals surface area contributed by atoms with Gasteiger partial charge in [-0.25, -0.2) is 4.79 Å². The molecular formula is C77H140NO8+. The molecule has 0 aliphatic rings. The minimum Gasteiger partial charge on any atom is -0.477 e. The van der Waals surface area contributed by atoms with Gasteiger partial charge >= 0.3 is 17.9 Å². The van der Waals surface area contributed by atoms with Crippen molar-refractivity contribution in [2.24, 2.45) is 0 Å². The Labute approximate surface area is 532 Å². The van der Waals surface area contributed by atoms with E-state index < -0.39 is 24.3 Å². The lowest BCUT2D eigenvalue weighted by molar-refractivity contribution is -0.870. The average Bonchev–Trinajstić information content (AvgIpc) is 3.64. The molecule has 500 valence electrons. The Balaban J connectivity index is 4.08. The Morgan fingerprint density at radius 3 is 0.988 bits per heavy atom. The largest absolute Gasteiger partial charge is 0.477 e. The number of carboxylic acid groups (broad SMARTS) is 1. The van der Waals surface area contributed by atoms with E-state index >= 15 is 0 Å². The fraction of sp³-hybridized carbons (Fsp3) is 0.805. The summed E-state index contributed by atoms with van der Waals surface area (Å²) >= 11 is 0. The number of unbranched alkanes of at least 4 members (excludes halogenated alkanes) is 41. The molecule has 86 heavy (non-hydrogen) atoms. The van der Waals surface area contributed by atoms with Gasteiger partial charge in [0.1, 0.15) is 13.2 Å². The van der Waals surface area contributed by atoms with Gasteiger partial charge in [0.15, 0.2) is 6.10 Å². The normalized spacial score (nSPS) is 13.1. The summed E-state index contributed by atoms with van der Waals surface area (Å²) in [5, 5.41) is 9.76. The number of hydrogen-bond acceptors (Lipinski definition) is 7. The molecule has 0 amide bonds. The molecule has 0 saturated heterocycles. The van der Waals surface area contributed by atoms with E-state index in [1.807, 2.05) is 21.1 Å². The second-order valence-corrected chi connectivity index (χ2v) is 25.9. The molecule has 9 nitrogen and oxygen atoms in total. The molecule has 0 heterocycles. The van der Waals surface area contributed by atoms with Crippen molar-refractivity contribution in [3.63, 3.8) is 0 Å². The van der Waals surface area contributed by atoms with Crippen LogP contribution in [0.1, 0.15) is 341 Å².